The van der Waals surface area contributed by atoms with Gasteiger partial charge in [-0.2, -0.15) is 0 Å². The van der Waals surface area contributed by atoms with E-state index in [4.69, 9.17) is 10.5 Å². The average molecular weight is 85.1 g/mol. The Kier molecular flexibility index (Phi) is 53.9. The molecule has 2 heteroatoms. The minimum absolute atomic E-state index is 0.750. The van der Waals surface area contributed by atoms with Crippen LogP contribution in [0.4, 0.5) is 0 Å². The number of hydrogen-bond donors (Lipinski definition) is 2. The molecular formula is C4H7NO. The van der Waals surface area contributed by atoms with Crippen LogP contribution in [0.5, 0.6) is 0 Å². The van der Waals surface area contributed by atoms with Crippen molar-refractivity contribution in [2.45, 2.75) is 0 Å². The van der Waals surface area contributed by atoms with E-state index < -0.39 is 0 Å². The fourth-order valence-electron chi connectivity index (χ4n) is 0. The van der Waals surface area contributed by atoms with Crippen LogP contribution in [0.3, 0.4) is 0 Å². The van der Waals surface area contributed by atoms with Crippen LogP contribution < -0.4 is 0 Å². The second-order valence-corrected chi connectivity index (χ2v) is 0.359. The lowest BCUT2D eigenvalue weighted by atomic mass is 11.2. The van der Waals surface area contributed by atoms with Crippen molar-refractivity contribution in [1.82, 2.24) is 0 Å². The summed E-state index contributed by atoms with van der Waals surface area (Å²) in [6.07, 6.45) is 0.750. The average Bonchev–Trinajstić information content (AvgIpc) is 1.39. The highest BCUT2D eigenvalue weighted by Crippen LogP contribution is 1.26. The Bertz CT molecular complexity index is 52.6. The molecule has 0 aliphatic heterocycles. The maximum atomic E-state index is 7.33. The third-order valence-corrected chi connectivity index (χ3v) is 0. The van der Waals surface area contributed by atoms with E-state index in [1.54, 1.807) is 5.87 Å². The number of hydrogen-bond acceptors (Lipinski definition) is 2. The zero-order valence-corrected chi connectivity index (χ0v) is 3.44. The Morgan fingerprint density at radius 1 is 1.83 bits per heavy atom. The van der Waals surface area contributed by atoms with Crippen LogP contribution in [0.1, 0.15) is 0 Å². The second-order valence-electron chi connectivity index (χ2n) is 0.359. The molecule has 0 heterocycles. The van der Waals surface area contributed by atoms with Crippen LogP contribution in [-0.4, -0.2) is 11.0 Å². The van der Waals surface area contributed by atoms with Crippen LogP contribution >= 0.6 is 0 Å². The van der Waals surface area contributed by atoms with Gasteiger partial charge in [0.25, 0.3) is 0 Å². The van der Waals surface area contributed by atoms with E-state index in [9.17, 15) is 0 Å². The third-order valence-electron chi connectivity index (χ3n) is 0. The molecule has 0 spiro atoms. The first-order chi connectivity index (χ1) is 2.83. The van der Waals surface area contributed by atoms with Crippen molar-refractivity contribution in [3.8, 4) is 0 Å². The lowest BCUT2D eigenvalue weighted by Crippen LogP contribution is -1.25. The van der Waals surface area contributed by atoms with Crippen LogP contribution in [0.2, 0.25) is 0 Å². The van der Waals surface area contributed by atoms with Gasteiger partial charge in [-0.05, 0) is 12.4 Å². The highest BCUT2D eigenvalue weighted by Gasteiger charge is 1.11. The third kappa shape index (κ3) is 11.6. The lowest BCUT2D eigenvalue weighted by Gasteiger charge is -1.41. The molecule has 2 N–H and O–H groups in total. The maximum absolute atomic E-state index is 7.33. The zero-order chi connectivity index (χ0) is 5.41. The molecule has 0 atom stereocenters. The molecule has 0 amide bonds. The van der Waals surface area contributed by atoms with Crippen molar-refractivity contribution >= 4 is 5.87 Å². The van der Waals surface area contributed by atoms with Gasteiger partial charge in [0.1, 0.15) is 0 Å². The Morgan fingerprint density at radius 2 is 1.83 bits per heavy atom. The first-order valence-corrected chi connectivity index (χ1v) is 1.27. The molecule has 0 aliphatic carbocycles. The number of aliphatic hydroxyl groups is 1. The smallest absolute Gasteiger partial charge is 0.0719 e. The first-order valence-electron chi connectivity index (χ1n) is 1.27. The Labute approximate surface area is 36.9 Å². The molecule has 2 nitrogen and oxygen atoms in total. The molecule has 0 aromatic carbocycles. The van der Waals surface area contributed by atoms with Gasteiger partial charge in [0.15, 0.2) is 0 Å². The zero-order valence-electron chi connectivity index (χ0n) is 3.44. The summed E-state index contributed by atoms with van der Waals surface area (Å²) in [5.41, 5.74) is 0. The molecule has 0 aliphatic rings. The summed E-state index contributed by atoms with van der Waals surface area (Å²) in [6, 6.07) is 0. The minimum Gasteiger partial charge on any atom is -0.516 e. The molecule has 0 saturated carbocycles. The maximum Gasteiger partial charge on any atom is 0.0719 e. The summed E-state index contributed by atoms with van der Waals surface area (Å²) in [4.78, 5) is 0. The normalized spacial score (nSPS) is 3.33. The van der Waals surface area contributed by atoms with E-state index >= 15 is 0 Å². The van der Waals surface area contributed by atoms with Gasteiger partial charge < -0.3 is 5.11 Å². The largest absolute Gasteiger partial charge is 0.516 e. The minimum atomic E-state index is 0.750. The number of nitrogens with one attached hydrogen (secondary N) is 1. The number of rotatable bonds is 0. The van der Waals surface area contributed by atoms with Crippen LogP contribution in [-0.2, 0) is 0 Å². The van der Waals surface area contributed by atoms with Crippen molar-refractivity contribution in [1.29, 1.82) is 5.41 Å². The van der Waals surface area contributed by atoms with Gasteiger partial charge in [0, 0.05) is 0 Å². The highest BCUT2D eigenvalue weighted by atomic mass is 16.2. The van der Waals surface area contributed by atoms with Crippen LogP contribution in [0.25, 0.3) is 0 Å². The van der Waals surface area contributed by atoms with E-state index in [1.165, 1.54) is 0 Å². The molecule has 0 aromatic heterocycles. The summed E-state index contributed by atoms with van der Waals surface area (Å²) in [5.74, 6) is 1.75. The van der Waals surface area contributed by atoms with Gasteiger partial charge in [-0.25, -0.2) is 0 Å². The Hall–Kier alpha value is -1.01. The lowest BCUT2D eigenvalue weighted by molar-refractivity contribution is 0.476. The van der Waals surface area contributed by atoms with E-state index in [0.29, 0.717) is 0 Å². The van der Waals surface area contributed by atoms with Gasteiger partial charge in [-0.15, -0.1) is 0 Å². The van der Waals surface area contributed by atoms with Gasteiger partial charge in [-0.1, -0.05) is 6.58 Å². The molecule has 0 fully saturated rings. The molecule has 0 unspecified atom stereocenters. The summed E-state index contributed by atoms with van der Waals surface area (Å²) in [5, 5.41) is 13.2. The van der Waals surface area contributed by atoms with E-state index in [1.807, 2.05) is 0 Å². The highest BCUT2D eigenvalue weighted by molar-refractivity contribution is 5.41. The van der Waals surface area contributed by atoms with Crippen molar-refractivity contribution in [2.24, 2.45) is 0 Å². The molecule has 0 aromatic rings. The van der Waals surface area contributed by atoms with Gasteiger partial charge in [0.2, 0.25) is 0 Å². The first kappa shape index (κ1) is 8.89. The molecule has 34 valence electrons. The molecule has 0 saturated heterocycles. The summed E-state index contributed by atoms with van der Waals surface area (Å²) < 4.78 is 0. The fraction of sp³-hybridized carbons (Fsp3) is 0. The Morgan fingerprint density at radius 3 is 1.83 bits per heavy atom. The van der Waals surface area contributed by atoms with E-state index in [-0.39, 0.29) is 0 Å². The van der Waals surface area contributed by atoms with Crippen molar-refractivity contribution in [3.05, 3.63) is 19.4 Å². The molecular weight excluding hydrogens is 78.0 g/mol. The van der Waals surface area contributed by atoms with Gasteiger partial charge in [-0.3, -0.25) is 5.41 Å². The van der Waals surface area contributed by atoms with E-state index in [0.717, 1.165) is 6.26 Å². The number of aliphatic hydroxyl groups excluding tert-OH is 1. The van der Waals surface area contributed by atoms with Crippen molar-refractivity contribution in [3.63, 3.8) is 0 Å². The molecule has 0 radical (unpaired) electrons. The summed E-state index contributed by atoms with van der Waals surface area (Å²) in [7, 11) is 0. The Balaban J connectivity index is 0. The van der Waals surface area contributed by atoms with Crippen molar-refractivity contribution < 1.29 is 5.11 Å². The van der Waals surface area contributed by atoms with Crippen molar-refractivity contribution in [2.75, 3.05) is 0 Å². The standard InChI is InChI=1S/C2H3N.C2H4O/c2*1-2-3/h3H,1H2;2-3H,1H2. The second kappa shape index (κ2) is 36.4. The van der Waals surface area contributed by atoms with Gasteiger partial charge in [0.05, 0.1) is 6.26 Å². The van der Waals surface area contributed by atoms with Gasteiger partial charge >= 0.3 is 0 Å². The summed E-state index contributed by atoms with van der Waals surface area (Å²) >= 11 is 0. The van der Waals surface area contributed by atoms with Crippen LogP contribution in [0.15, 0.2) is 19.4 Å². The molecule has 0 rings (SSSR count). The predicted molar refractivity (Wildman–Crippen MR) is 26.2 cm³/mol. The SMILES string of the molecule is C=C=N.C=CO. The quantitative estimate of drug-likeness (QED) is 0.336. The molecule has 0 bridgehead atoms. The van der Waals surface area contributed by atoms with Crippen LogP contribution in [0, 0.1) is 5.41 Å². The topological polar surface area (TPSA) is 44.1 Å². The molecule has 6 heavy (non-hydrogen) atoms. The fourth-order valence-corrected chi connectivity index (χ4v) is 0. The predicted octanol–water partition coefficient (Wildman–Crippen LogP) is 1.11. The summed E-state index contributed by atoms with van der Waals surface area (Å²) in [6.45, 7) is 5.82. The monoisotopic (exact) mass is 85.1 g/mol. The van der Waals surface area contributed by atoms with E-state index in [2.05, 4.69) is 13.2 Å².